The van der Waals surface area contributed by atoms with Gasteiger partial charge in [0.25, 0.3) is 10.0 Å². The first-order valence-corrected chi connectivity index (χ1v) is 10.2. The Balaban J connectivity index is 1.78. The number of hydrogen-bond acceptors (Lipinski definition) is 4. The van der Waals surface area contributed by atoms with Gasteiger partial charge in [0.15, 0.2) is 0 Å². The van der Waals surface area contributed by atoms with Gasteiger partial charge in [-0.25, -0.2) is 13.2 Å². The summed E-state index contributed by atoms with van der Waals surface area (Å²) in [7, 11) is -2.26. The van der Waals surface area contributed by atoms with Crippen molar-refractivity contribution >= 4 is 33.3 Å². The summed E-state index contributed by atoms with van der Waals surface area (Å²) < 4.78 is 32.1. The van der Waals surface area contributed by atoms with E-state index in [2.05, 4.69) is 0 Å². The summed E-state index contributed by atoms with van der Waals surface area (Å²) >= 11 is 5.96. The summed E-state index contributed by atoms with van der Waals surface area (Å²) in [5, 5.41) is 0.580. The first-order chi connectivity index (χ1) is 13.3. The van der Waals surface area contributed by atoms with Crippen LogP contribution < -0.4 is 9.04 Å². The van der Waals surface area contributed by atoms with Crippen LogP contribution in [0.25, 0.3) is 0 Å². The van der Waals surface area contributed by atoms with E-state index in [0.717, 1.165) is 5.56 Å². The molecule has 0 heterocycles. The largest absolute Gasteiger partial charge is 0.423 e. The third kappa shape index (κ3) is 4.18. The fourth-order valence-electron chi connectivity index (χ4n) is 2.54. The molecule has 0 bridgehead atoms. The molecule has 144 valence electrons. The van der Waals surface area contributed by atoms with Gasteiger partial charge in [-0.15, -0.1) is 0 Å². The van der Waals surface area contributed by atoms with Crippen LogP contribution in [0.4, 0.5) is 5.69 Å². The summed E-state index contributed by atoms with van der Waals surface area (Å²) in [6.07, 6.45) is 0. The molecule has 0 atom stereocenters. The van der Waals surface area contributed by atoms with Crippen molar-refractivity contribution in [2.24, 2.45) is 0 Å². The van der Waals surface area contributed by atoms with Crippen LogP contribution in [0.5, 0.6) is 5.75 Å². The predicted molar refractivity (Wildman–Crippen MR) is 110 cm³/mol. The van der Waals surface area contributed by atoms with Gasteiger partial charge in [0.05, 0.1) is 16.1 Å². The molecule has 28 heavy (non-hydrogen) atoms. The molecule has 0 unspecified atom stereocenters. The number of para-hydroxylation sites is 1. The van der Waals surface area contributed by atoms with Crippen molar-refractivity contribution in [3.63, 3.8) is 0 Å². The van der Waals surface area contributed by atoms with Gasteiger partial charge in [-0.2, -0.15) is 0 Å². The highest BCUT2D eigenvalue weighted by Crippen LogP contribution is 2.24. The standard InChI is InChI=1S/C21H18ClNO4S/c1-15-14-18(10-13-20(15)22)27-21(24)16-8-11-19(12-9-16)28(25,26)23(2)17-6-4-3-5-7-17/h3-14H,1-2H3. The maximum absolute atomic E-state index is 12.8. The second kappa shape index (κ2) is 8.04. The molecule has 0 saturated heterocycles. The van der Waals surface area contributed by atoms with E-state index in [4.69, 9.17) is 16.3 Å². The third-order valence-corrected chi connectivity index (χ3v) is 6.43. The van der Waals surface area contributed by atoms with E-state index < -0.39 is 16.0 Å². The quantitative estimate of drug-likeness (QED) is 0.448. The lowest BCUT2D eigenvalue weighted by molar-refractivity contribution is 0.0734. The van der Waals surface area contributed by atoms with Crippen molar-refractivity contribution in [1.82, 2.24) is 0 Å². The van der Waals surface area contributed by atoms with Crippen LogP contribution in [-0.4, -0.2) is 21.4 Å². The number of aryl methyl sites for hydroxylation is 1. The predicted octanol–water partition coefficient (Wildman–Crippen LogP) is 4.69. The molecular formula is C21H18ClNO4S. The Morgan fingerprint density at radius 2 is 1.61 bits per heavy atom. The van der Waals surface area contributed by atoms with E-state index in [-0.39, 0.29) is 10.5 Å². The van der Waals surface area contributed by atoms with Gasteiger partial charge < -0.3 is 4.74 Å². The van der Waals surface area contributed by atoms with Crippen molar-refractivity contribution in [3.8, 4) is 5.75 Å². The maximum Gasteiger partial charge on any atom is 0.343 e. The number of ether oxygens (including phenoxy) is 1. The molecule has 0 aliphatic rings. The van der Waals surface area contributed by atoms with Crippen LogP contribution in [0.2, 0.25) is 5.02 Å². The first-order valence-electron chi connectivity index (χ1n) is 8.41. The summed E-state index contributed by atoms with van der Waals surface area (Å²) in [4.78, 5) is 12.4. The number of carbonyl (C=O) groups excluding carboxylic acids is 1. The number of esters is 1. The van der Waals surface area contributed by atoms with Crippen LogP contribution in [-0.2, 0) is 10.0 Å². The number of nitrogens with zero attached hydrogens (tertiary/aromatic N) is 1. The van der Waals surface area contributed by atoms with Crippen molar-refractivity contribution in [1.29, 1.82) is 0 Å². The van der Waals surface area contributed by atoms with Gasteiger partial charge in [0.2, 0.25) is 0 Å². The fraction of sp³-hybridized carbons (Fsp3) is 0.0952. The minimum atomic E-state index is -3.74. The van der Waals surface area contributed by atoms with Crippen LogP contribution in [0, 0.1) is 6.92 Å². The van der Waals surface area contributed by atoms with E-state index >= 15 is 0 Å². The Morgan fingerprint density at radius 1 is 0.964 bits per heavy atom. The molecule has 0 amide bonds. The smallest absolute Gasteiger partial charge is 0.343 e. The summed E-state index contributed by atoms with van der Waals surface area (Å²) in [6.45, 7) is 1.81. The van der Waals surface area contributed by atoms with E-state index in [1.807, 2.05) is 13.0 Å². The molecule has 0 spiro atoms. The number of anilines is 1. The highest BCUT2D eigenvalue weighted by Gasteiger charge is 2.21. The lowest BCUT2D eigenvalue weighted by atomic mass is 10.2. The number of rotatable bonds is 5. The minimum absolute atomic E-state index is 0.0812. The van der Waals surface area contributed by atoms with E-state index in [9.17, 15) is 13.2 Å². The molecule has 0 aliphatic heterocycles. The minimum Gasteiger partial charge on any atom is -0.423 e. The fourth-order valence-corrected chi connectivity index (χ4v) is 3.86. The van der Waals surface area contributed by atoms with E-state index in [1.165, 1.54) is 35.6 Å². The van der Waals surface area contributed by atoms with Gasteiger partial charge >= 0.3 is 5.97 Å². The maximum atomic E-state index is 12.8. The van der Waals surface area contributed by atoms with Gasteiger partial charge in [0.1, 0.15) is 5.75 Å². The average Bonchev–Trinajstić information content (AvgIpc) is 2.71. The zero-order valence-electron chi connectivity index (χ0n) is 15.3. The molecule has 0 saturated carbocycles. The molecule has 0 aromatic heterocycles. The second-order valence-corrected chi connectivity index (χ2v) is 8.51. The molecule has 3 aromatic rings. The molecule has 7 heteroatoms. The Kier molecular flexibility index (Phi) is 5.72. The monoisotopic (exact) mass is 415 g/mol. The lowest BCUT2D eigenvalue weighted by Crippen LogP contribution is -2.26. The Labute approximate surface area is 169 Å². The number of benzene rings is 3. The van der Waals surface area contributed by atoms with Crippen molar-refractivity contribution in [2.45, 2.75) is 11.8 Å². The molecule has 0 N–H and O–H groups in total. The normalized spacial score (nSPS) is 11.1. The van der Waals surface area contributed by atoms with Crippen LogP contribution in [0.3, 0.4) is 0 Å². The zero-order chi connectivity index (χ0) is 20.3. The summed E-state index contributed by atoms with van der Waals surface area (Å²) in [5.74, 6) is -0.213. The van der Waals surface area contributed by atoms with Crippen LogP contribution >= 0.6 is 11.6 Å². The molecule has 0 fully saturated rings. The van der Waals surface area contributed by atoms with E-state index in [1.54, 1.807) is 42.5 Å². The number of sulfonamides is 1. The molecule has 3 aromatic carbocycles. The summed E-state index contributed by atoms with van der Waals surface area (Å²) in [5.41, 5.74) is 1.58. The van der Waals surface area contributed by atoms with Gasteiger partial charge in [-0.05, 0) is 67.1 Å². The SMILES string of the molecule is Cc1cc(OC(=O)c2ccc(S(=O)(=O)N(C)c3ccccc3)cc2)ccc1Cl. The first kappa shape index (κ1) is 19.9. The zero-order valence-corrected chi connectivity index (χ0v) is 16.9. The second-order valence-electron chi connectivity index (χ2n) is 6.13. The van der Waals surface area contributed by atoms with Gasteiger partial charge in [0, 0.05) is 12.1 Å². The highest BCUT2D eigenvalue weighted by atomic mass is 35.5. The van der Waals surface area contributed by atoms with Gasteiger partial charge in [-0.1, -0.05) is 29.8 Å². The molecular weight excluding hydrogens is 398 g/mol. The molecule has 3 rings (SSSR count). The molecule has 0 radical (unpaired) electrons. The number of carbonyl (C=O) groups is 1. The number of halogens is 1. The van der Waals surface area contributed by atoms with Crippen LogP contribution in [0.1, 0.15) is 15.9 Å². The average molecular weight is 416 g/mol. The summed E-state index contributed by atoms with van der Waals surface area (Å²) in [6, 6.07) is 19.3. The van der Waals surface area contributed by atoms with E-state index in [0.29, 0.717) is 16.5 Å². The number of hydrogen-bond donors (Lipinski definition) is 0. The van der Waals surface area contributed by atoms with Crippen molar-refractivity contribution < 1.29 is 17.9 Å². The Hall–Kier alpha value is -2.83. The highest BCUT2D eigenvalue weighted by molar-refractivity contribution is 7.92. The van der Waals surface area contributed by atoms with Crippen molar-refractivity contribution in [2.75, 3.05) is 11.4 Å². The molecule has 0 aliphatic carbocycles. The topological polar surface area (TPSA) is 63.7 Å². The van der Waals surface area contributed by atoms with Crippen molar-refractivity contribution in [3.05, 3.63) is 88.9 Å². The van der Waals surface area contributed by atoms with Crippen LogP contribution in [0.15, 0.2) is 77.7 Å². The Bertz CT molecular complexity index is 1100. The Morgan fingerprint density at radius 3 is 2.21 bits per heavy atom. The lowest BCUT2D eigenvalue weighted by Gasteiger charge is -2.19. The third-order valence-electron chi connectivity index (χ3n) is 4.21. The van der Waals surface area contributed by atoms with Gasteiger partial charge in [-0.3, -0.25) is 4.31 Å². The molecule has 5 nitrogen and oxygen atoms in total.